The number of ether oxygens (including phenoxy) is 1. The van der Waals surface area contributed by atoms with Gasteiger partial charge in [0.15, 0.2) is 0 Å². The molecule has 1 nitrogen and oxygen atoms in total. The van der Waals surface area contributed by atoms with E-state index in [9.17, 15) is 0 Å². The molecule has 88 valence electrons. The van der Waals surface area contributed by atoms with Crippen LogP contribution in [0.5, 0.6) is 11.5 Å². The summed E-state index contributed by atoms with van der Waals surface area (Å²) in [6, 6.07) is 13.1. The molecular weight excluding hydrogens is 323 g/mol. The topological polar surface area (TPSA) is 9.23 Å². The van der Waals surface area contributed by atoms with E-state index in [0.29, 0.717) is 16.7 Å². The molecule has 0 unspecified atom stereocenters. The lowest BCUT2D eigenvalue weighted by atomic mass is 10.2. The Morgan fingerprint density at radius 1 is 1.06 bits per heavy atom. The Kier molecular flexibility index (Phi) is 4.32. The van der Waals surface area contributed by atoms with E-state index in [0.717, 1.165) is 15.8 Å². The lowest BCUT2D eigenvalue weighted by Crippen LogP contribution is -1.90. The van der Waals surface area contributed by atoms with Crippen LogP contribution in [0.1, 0.15) is 5.56 Å². The Balaban J connectivity index is 2.32. The second-order valence-electron chi connectivity index (χ2n) is 3.42. The van der Waals surface area contributed by atoms with Gasteiger partial charge in [0.2, 0.25) is 0 Å². The molecule has 0 spiro atoms. The quantitative estimate of drug-likeness (QED) is 0.662. The van der Waals surface area contributed by atoms with Crippen LogP contribution in [0.4, 0.5) is 0 Å². The summed E-state index contributed by atoms with van der Waals surface area (Å²) in [5, 5.41) is 0.561. The third kappa shape index (κ3) is 3.15. The Bertz CT molecular complexity index is 511. The fraction of sp³-hybridized carbons (Fsp3) is 0.0769. The van der Waals surface area contributed by atoms with Crippen molar-refractivity contribution in [2.75, 3.05) is 0 Å². The third-order valence-corrected chi connectivity index (χ3v) is 3.34. The summed E-state index contributed by atoms with van der Waals surface area (Å²) in [6.07, 6.45) is 0. The van der Waals surface area contributed by atoms with E-state index in [4.69, 9.17) is 27.9 Å². The van der Waals surface area contributed by atoms with Crippen LogP contribution in [-0.2, 0) is 5.88 Å². The second kappa shape index (κ2) is 5.76. The maximum Gasteiger partial charge on any atom is 0.150 e. The molecule has 0 aliphatic rings. The highest BCUT2D eigenvalue weighted by atomic mass is 79.9. The molecule has 2 aromatic carbocycles. The number of hydrogen-bond acceptors (Lipinski definition) is 1. The van der Waals surface area contributed by atoms with Crippen LogP contribution in [0.2, 0.25) is 5.02 Å². The van der Waals surface area contributed by atoms with Crippen LogP contribution in [0.25, 0.3) is 0 Å². The molecule has 2 aromatic rings. The molecule has 2 rings (SSSR count). The van der Waals surface area contributed by atoms with E-state index >= 15 is 0 Å². The third-order valence-electron chi connectivity index (χ3n) is 2.23. The molecule has 0 bridgehead atoms. The van der Waals surface area contributed by atoms with Gasteiger partial charge in [-0.2, -0.15) is 0 Å². The van der Waals surface area contributed by atoms with Crippen molar-refractivity contribution in [3.63, 3.8) is 0 Å². The molecule has 0 fully saturated rings. The Morgan fingerprint density at radius 3 is 2.41 bits per heavy atom. The molecule has 0 aliphatic heterocycles. The van der Waals surface area contributed by atoms with Crippen LogP contribution >= 0.6 is 39.1 Å². The first-order valence-corrected chi connectivity index (χ1v) is 6.68. The maximum absolute atomic E-state index is 6.10. The van der Waals surface area contributed by atoms with Gasteiger partial charge >= 0.3 is 0 Å². The van der Waals surface area contributed by atoms with Gasteiger partial charge in [0.25, 0.3) is 0 Å². The molecule has 0 amide bonds. The first kappa shape index (κ1) is 12.7. The average molecular weight is 332 g/mol. The van der Waals surface area contributed by atoms with Crippen LogP contribution < -0.4 is 4.74 Å². The Morgan fingerprint density at radius 2 is 1.76 bits per heavy atom. The van der Waals surface area contributed by atoms with Crippen molar-refractivity contribution >= 4 is 39.1 Å². The predicted octanol–water partition coefficient (Wildman–Crippen LogP) is 5.63. The van der Waals surface area contributed by atoms with Gasteiger partial charge in [0, 0.05) is 10.0 Å². The van der Waals surface area contributed by atoms with Gasteiger partial charge in [-0.25, -0.2) is 0 Å². The minimum Gasteiger partial charge on any atom is -0.455 e. The van der Waals surface area contributed by atoms with Crippen molar-refractivity contribution in [1.82, 2.24) is 0 Å². The second-order valence-corrected chi connectivity index (χ2v) is 5.01. The SMILES string of the molecule is ClCc1cccc(Cl)c1Oc1ccc(Br)cc1. The van der Waals surface area contributed by atoms with Gasteiger partial charge in [-0.15, -0.1) is 11.6 Å². The summed E-state index contributed by atoms with van der Waals surface area (Å²) in [4.78, 5) is 0. The monoisotopic (exact) mass is 330 g/mol. The maximum atomic E-state index is 6.10. The number of hydrogen-bond donors (Lipinski definition) is 0. The fourth-order valence-corrected chi connectivity index (χ4v) is 2.10. The minimum absolute atomic E-state index is 0.367. The summed E-state index contributed by atoms with van der Waals surface area (Å²) >= 11 is 15.3. The van der Waals surface area contributed by atoms with Crippen molar-refractivity contribution in [2.45, 2.75) is 5.88 Å². The summed E-state index contributed by atoms with van der Waals surface area (Å²) < 4.78 is 6.75. The molecule has 4 heteroatoms. The molecule has 0 heterocycles. The highest BCUT2D eigenvalue weighted by molar-refractivity contribution is 9.10. The normalized spacial score (nSPS) is 10.3. The van der Waals surface area contributed by atoms with E-state index < -0.39 is 0 Å². The number of benzene rings is 2. The van der Waals surface area contributed by atoms with Crippen LogP contribution in [0.3, 0.4) is 0 Å². The summed E-state index contributed by atoms with van der Waals surface area (Å²) in [5.41, 5.74) is 0.877. The lowest BCUT2D eigenvalue weighted by molar-refractivity contribution is 0.478. The molecule has 0 radical (unpaired) electrons. The molecular formula is C13H9BrCl2O. The highest BCUT2D eigenvalue weighted by Crippen LogP contribution is 2.34. The number of alkyl halides is 1. The lowest BCUT2D eigenvalue weighted by Gasteiger charge is -2.11. The van der Waals surface area contributed by atoms with Crippen LogP contribution in [0, 0.1) is 0 Å². The van der Waals surface area contributed by atoms with E-state index in [1.165, 1.54) is 0 Å². The Hall–Kier alpha value is -0.700. The van der Waals surface area contributed by atoms with E-state index in [1.54, 1.807) is 6.07 Å². The smallest absolute Gasteiger partial charge is 0.150 e. The van der Waals surface area contributed by atoms with Crippen molar-refractivity contribution in [2.24, 2.45) is 0 Å². The highest BCUT2D eigenvalue weighted by Gasteiger charge is 2.08. The van der Waals surface area contributed by atoms with Crippen LogP contribution in [0.15, 0.2) is 46.9 Å². The molecule has 0 atom stereocenters. The van der Waals surface area contributed by atoms with Gasteiger partial charge in [-0.1, -0.05) is 39.7 Å². The van der Waals surface area contributed by atoms with E-state index in [-0.39, 0.29) is 0 Å². The summed E-state index contributed by atoms with van der Waals surface area (Å²) in [5.74, 6) is 1.71. The van der Waals surface area contributed by atoms with Gasteiger partial charge in [0.05, 0.1) is 10.9 Å². The number of rotatable bonds is 3. The zero-order valence-corrected chi connectivity index (χ0v) is 11.9. The van der Waals surface area contributed by atoms with Gasteiger partial charge in [-0.05, 0) is 30.3 Å². The number of para-hydroxylation sites is 1. The van der Waals surface area contributed by atoms with E-state index in [1.807, 2.05) is 36.4 Å². The Labute approximate surface area is 118 Å². The van der Waals surface area contributed by atoms with Crippen molar-refractivity contribution in [3.8, 4) is 11.5 Å². The standard InChI is InChI=1S/C13H9BrCl2O/c14-10-4-6-11(7-5-10)17-13-9(8-15)2-1-3-12(13)16/h1-7H,8H2. The largest absolute Gasteiger partial charge is 0.455 e. The summed E-state index contributed by atoms with van der Waals surface area (Å²) in [7, 11) is 0. The molecule has 0 saturated carbocycles. The molecule has 0 aliphatic carbocycles. The van der Waals surface area contributed by atoms with Gasteiger partial charge in [-0.3, -0.25) is 0 Å². The molecule has 0 aromatic heterocycles. The van der Waals surface area contributed by atoms with E-state index in [2.05, 4.69) is 15.9 Å². The predicted molar refractivity (Wildman–Crippen MR) is 75.2 cm³/mol. The molecule has 0 saturated heterocycles. The minimum atomic E-state index is 0.367. The molecule has 17 heavy (non-hydrogen) atoms. The zero-order chi connectivity index (χ0) is 12.3. The zero-order valence-electron chi connectivity index (χ0n) is 8.79. The number of halogens is 3. The fourth-order valence-electron chi connectivity index (χ4n) is 1.39. The van der Waals surface area contributed by atoms with Gasteiger partial charge < -0.3 is 4.74 Å². The first-order valence-electron chi connectivity index (χ1n) is 4.97. The average Bonchev–Trinajstić information content (AvgIpc) is 2.34. The van der Waals surface area contributed by atoms with Gasteiger partial charge in [0.1, 0.15) is 11.5 Å². The van der Waals surface area contributed by atoms with Crippen LogP contribution in [-0.4, -0.2) is 0 Å². The van der Waals surface area contributed by atoms with Crippen molar-refractivity contribution in [3.05, 3.63) is 57.5 Å². The van der Waals surface area contributed by atoms with Crippen molar-refractivity contribution in [1.29, 1.82) is 0 Å². The summed E-state index contributed by atoms with van der Waals surface area (Å²) in [6.45, 7) is 0. The van der Waals surface area contributed by atoms with Crippen molar-refractivity contribution < 1.29 is 4.74 Å². The first-order chi connectivity index (χ1) is 8.20. The molecule has 0 N–H and O–H groups in total.